The van der Waals surface area contributed by atoms with Crippen LogP contribution in [0.3, 0.4) is 0 Å². The van der Waals surface area contributed by atoms with Gasteiger partial charge in [0.1, 0.15) is 0 Å². The normalized spacial score (nSPS) is 15.0. The first kappa shape index (κ1) is 23.6. The average molecular weight is 382 g/mol. The van der Waals surface area contributed by atoms with Gasteiger partial charge in [-0.1, -0.05) is 23.7 Å². The SMILES string of the molecule is C=C(C)CC(C)(O)[c-]1[cH-][cH-][cH-][cH-]1.C=C(C)CC(C)(O)[c-]1cccc1.[Fe]. The summed E-state index contributed by atoms with van der Waals surface area (Å²) in [6.07, 6.45) is 1.24. The molecule has 3 heteroatoms. The molecule has 2 rings (SSSR count). The number of rotatable bonds is 6. The van der Waals surface area contributed by atoms with E-state index in [1.54, 1.807) is 0 Å². The van der Waals surface area contributed by atoms with Crippen molar-refractivity contribution in [2.45, 2.75) is 51.7 Å². The van der Waals surface area contributed by atoms with Crippen LogP contribution in [0.5, 0.6) is 0 Å². The van der Waals surface area contributed by atoms with Crippen LogP contribution in [0.25, 0.3) is 0 Å². The van der Waals surface area contributed by atoms with Gasteiger partial charge in [-0.25, -0.2) is 12.1 Å². The molecular formula is C22H30FeO2-6. The Kier molecular flexibility index (Phi) is 9.39. The van der Waals surface area contributed by atoms with Crippen molar-refractivity contribution in [3.63, 3.8) is 0 Å². The van der Waals surface area contributed by atoms with Crippen LogP contribution in [0, 0.1) is 0 Å². The summed E-state index contributed by atoms with van der Waals surface area (Å²) < 4.78 is 0. The van der Waals surface area contributed by atoms with Gasteiger partial charge in [0.2, 0.25) is 0 Å². The molecule has 0 amide bonds. The van der Waals surface area contributed by atoms with Crippen LogP contribution in [0.15, 0.2) is 72.8 Å². The van der Waals surface area contributed by atoms with Gasteiger partial charge in [0.15, 0.2) is 0 Å². The summed E-state index contributed by atoms with van der Waals surface area (Å²) in [6.45, 7) is 15.1. The average Bonchev–Trinajstić information content (AvgIpc) is 3.11. The van der Waals surface area contributed by atoms with Crippen molar-refractivity contribution < 1.29 is 27.3 Å². The second-order valence-electron chi connectivity index (χ2n) is 7.16. The molecule has 0 saturated carbocycles. The van der Waals surface area contributed by atoms with E-state index in [9.17, 15) is 10.2 Å². The van der Waals surface area contributed by atoms with E-state index in [4.69, 9.17) is 0 Å². The summed E-state index contributed by atoms with van der Waals surface area (Å²) in [5.74, 6) is 0. The molecule has 0 bridgehead atoms. The molecular weight excluding hydrogens is 352 g/mol. The Morgan fingerprint density at radius 2 is 1.32 bits per heavy atom. The summed E-state index contributed by atoms with van der Waals surface area (Å²) in [5.41, 5.74) is 2.42. The Hall–Kier alpha value is -1.38. The maximum Gasteiger partial charge on any atom is 0.0470 e. The van der Waals surface area contributed by atoms with Gasteiger partial charge in [-0.15, -0.1) is 18.7 Å². The Labute approximate surface area is 163 Å². The summed E-state index contributed by atoms with van der Waals surface area (Å²) in [5, 5.41) is 20.0. The second kappa shape index (κ2) is 9.94. The molecule has 2 nitrogen and oxygen atoms in total. The molecule has 25 heavy (non-hydrogen) atoms. The fraction of sp³-hybridized carbons (Fsp3) is 0.364. The zero-order valence-electron chi connectivity index (χ0n) is 15.7. The van der Waals surface area contributed by atoms with Crippen LogP contribution in [-0.4, -0.2) is 10.2 Å². The number of hydrogen-bond donors (Lipinski definition) is 2. The monoisotopic (exact) mass is 382 g/mol. The van der Waals surface area contributed by atoms with Crippen molar-refractivity contribution in [1.82, 2.24) is 0 Å². The van der Waals surface area contributed by atoms with E-state index in [1.165, 1.54) is 0 Å². The van der Waals surface area contributed by atoms with E-state index >= 15 is 0 Å². The van der Waals surface area contributed by atoms with Gasteiger partial charge in [-0.3, -0.25) is 0 Å². The minimum Gasteiger partial charge on any atom is -0.747 e. The van der Waals surface area contributed by atoms with E-state index < -0.39 is 11.2 Å². The van der Waals surface area contributed by atoms with E-state index in [1.807, 2.05) is 76.2 Å². The second-order valence-corrected chi connectivity index (χ2v) is 7.16. The van der Waals surface area contributed by atoms with Crippen molar-refractivity contribution in [2.24, 2.45) is 0 Å². The predicted octanol–water partition coefficient (Wildman–Crippen LogP) is 5.16. The van der Waals surface area contributed by atoms with Gasteiger partial charge in [0.25, 0.3) is 0 Å². The van der Waals surface area contributed by atoms with Crippen molar-refractivity contribution in [1.29, 1.82) is 0 Å². The molecule has 2 N–H and O–H groups in total. The maximum atomic E-state index is 9.98. The fourth-order valence-corrected chi connectivity index (χ4v) is 2.85. The van der Waals surface area contributed by atoms with Crippen molar-refractivity contribution >= 4 is 0 Å². The Morgan fingerprint density at radius 1 is 0.920 bits per heavy atom. The zero-order valence-corrected chi connectivity index (χ0v) is 16.8. The molecule has 0 saturated heterocycles. The third-order valence-corrected chi connectivity index (χ3v) is 3.86. The summed E-state index contributed by atoms with van der Waals surface area (Å²) in [4.78, 5) is 0. The molecule has 2 aromatic carbocycles. The number of hydrogen-bond acceptors (Lipinski definition) is 2. The first-order valence-corrected chi connectivity index (χ1v) is 8.22. The van der Waals surface area contributed by atoms with Gasteiger partial charge < -0.3 is 40.0 Å². The van der Waals surface area contributed by atoms with E-state index in [2.05, 4.69) is 13.2 Å². The molecule has 2 aromatic rings. The van der Waals surface area contributed by atoms with Gasteiger partial charge in [0.05, 0.1) is 0 Å². The van der Waals surface area contributed by atoms with Gasteiger partial charge in [-0.2, -0.15) is 12.1 Å². The Bertz CT molecular complexity index is 573. The van der Waals surface area contributed by atoms with Crippen LogP contribution in [-0.2, 0) is 28.3 Å². The van der Waals surface area contributed by atoms with E-state index in [0.29, 0.717) is 12.8 Å². The smallest absolute Gasteiger partial charge is 0.0470 e. The van der Waals surface area contributed by atoms with E-state index in [-0.39, 0.29) is 17.1 Å². The molecule has 0 spiro atoms. The molecule has 2 atom stereocenters. The third-order valence-electron chi connectivity index (χ3n) is 3.86. The number of aliphatic hydroxyl groups is 2. The first-order valence-electron chi connectivity index (χ1n) is 8.22. The molecule has 0 aliphatic rings. The van der Waals surface area contributed by atoms with Gasteiger partial charge in [-0.05, 0) is 33.6 Å². The first-order chi connectivity index (χ1) is 11.0. The van der Waals surface area contributed by atoms with Crippen molar-refractivity contribution in [3.8, 4) is 0 Å². The van der Waals surface area contributed by atoms with Crippen LogP contribution >= 0.6 is 0 Å². The summed E-state index contributed by atoms with van der Waals surface area (Å²) in [6, 6.07) is 15.5. The minimum atomic E-state index is -0.755. The molecule has 0 radical (unpaired) electrons. The van der Waals surface area contributed by atoms with Gasteiger partial charge in [0, 0.05) is 22.7 Å². The van der Waals surface area contributed by atoms with Crippen LogP contribution < -0.4 is 0 Å². The van der Waals surface area contributed by atoms with Crippen molar-refractivity contribution in [3.05, 3.63) is 84.0 Å². The maximum absolute atomic E-state index is 9.98. The molecule has 144 valence electrons. The quantitative estimate of drug-likeness (QED) is 0.412. The predicted molar refractivity (Wildman–Crippen MR) is 102 cm³/mol. The molecule has 0 aliphatic carbocycles. The largest absolute Gasteiger partial charge is 0.747 e. The van der Waals surface area contributed by atoms with Gasteiger partial charge >= 0.3 is 0 Å². The minimum absolute atomic E-state index is 0. The standard InChI is InChI=1S/2C11H15O.Fe/c2*1-9(2)8-11(3,12)10-6-4-5-7-10;/h2*4-7,12H,1,8H2,2-3H3;/q-5;-1;. The van der Waals surface area contributed by atoms with Crippen LogP contribution in [0.2, 0.25) is 0 Å². The molecule has 2 unspecified atom stereocenters. The summed E-state index contributed by atoms with van der Waals surface area (Å²) in [7, 11) is 0. The molecule has 0 heterocycles. The molecule has 0 fully saturated rings. The zero-order chi connectivity index (χ0) is 18.4. The van der Waals surface area contributed by atoms with E-state index in [0.717, 1.165) is 22.3 Å². The molecule has 0 aliphatic heterocycles. The summed E-state index contributed by atoms with van der Waals surface area (Å²) >= 11 is 0. The Balaban J connectivity index is 0.000000443. The topological polar surface area (TPSA) is 40.5 Å². The van der Waals surface area contributed by atoms with Crippen molar-refractivity contribution in [2.75, 3.05) is 0 Å². The van der Waals surface area contributed by atoms with Crippen LogP contribution in [0.1, 0.15) is 51.7 Å². The van der Waals surface area contributed by atoms with Crippen LogP contribution in [0.4, 0.5) is 0 Å². The molecule has 0 aromatic heterocycles. The third kappa shape index (κ3) is 8.02. The fourth-order valence-electron chi connectivity index (χ4n) is 2.85. The Morgan fingerprint density at radius 3 is 1.72 bits per heavy atom.